The molecule has 0 aliphatic carbocycles. The van der Waals surface area contributed by atoms with Crippen molar-refractivity contribution in [3.05, 3.63) is 34.8 Å². The number of hydrogen-bond donors (Lipinski definition) is 1. The summed E-state index contributed by atoms with van der Waals surface area (Å²) in [6.45, 7) is 6.81. The van der Waals surface area contributed by atoms with Crippen molar-refractivity contribution in [2.75, 3.05) is 19.0 Å². The summed E-state index contributed by atoms with van der Waals surface area (Å²) in [6.07, 6.45) is 2.09. The van der Waals surface area contributed by atoms with Crippen molar-refractivity contribution in [2.45, 2.75) is 52.0 Å². The maximum Gasteiger partial charge on any atom is 0.232 e. The van der Waals surface area contributed by atoms with Crippen LogP contribution in [-0.4, -0.2) is 40.6 Å². The minimum absolute atomic E-state index is 0.0135. The number of carbonyl (C=O) groups is 2. The van der Waals surface area contributed by atoms with Gasteiger partial charge in [-0.05, 0) is 24.1 Å². The molecule has 2 amide bonds. The first-order valence-corrected chi connectivity index (χ1v) is 10.8. The Balaban J connectivity index is 1.84. The fourth-order valence-corrected chi connectivity index (χ4v) is 4.30. The van der Waals surface area contributed by atoms with Gasteiger partial charge in [-0.25, -0.2) is 0 Å². The summed E-state index contributed by atoms with van der Waals surface area (Å²) in [5.41, 5.74) is 0.938. The number of nitrogens with one attached hydrogen (secondary N) is 1. The molecule has 2 atom stereocenters. The molecule has 29 heavy (non-hydrogen) atoms. The number of likely N-dealkylation sites (tertiary alicyclic amines) is 1. The second-order valence-corrected chi connectivity index (χ2v) is 8.57. The van der Waals surface area contributed by atoms with Gasteiger partial charge in [0.25, 0.3) is 0 Å². The highest BCUT2D eigenvalue weighted by molar-refractivity contribution is 7.15. The van der Waals surface area contributed by atoms with Crippen LogP contribution < -0.4 is 10.1 Å². The second kappa shape index (κ2) is 9.35. The first-order chi connectivity index (χ1) is 13.9. The van der Waals surface area contributed by atoms with E-state index in [9.17, 15) is 9.59 Å². The van der Waals surface area contributed by atoms with Crippen molar-refractivity contribution in [2.24, 2.45) is 5.92 Å². The van der Waals surface area contributed by atoms with Crippen molar-refractivity contribution in [1.82, 2.24) is 15.1 Å². The maximum atomic E-state index is 13.1. The lowest BCUT2D eigenvalue weighted by Gasteiger charge is -2.28. The summed E-state index contributed by atoms with van der Waals surface area (Å²) in [5, 5.41) is 12.4. The van der Waals surface area contributed by atoms with Crippen molar-refractivity contribution in [3.8, 4) is 5.75 Å². The number of hydrogen-bond acceptors (Lipinski definition) is 6. The first-order valence-electron chi connectivity index (χ1n) is 10.0. The van der Waals surface area contributed by atoms with Crippen molar-refractivity contribution < 1.29 is 14.3 Å². The third kappa shape index (κ3) is 4.75. The zero-order chi connectivity index (χ0) is 21.0. The molecule has 156 valence electrons. The monoisotopic (exact) mass is 416 g/mol. The van der Waals surface area contributed by atoms with Gasteiger partial charge in [0.1, 0.15) is 10.8 Å². The van der Waals surface area contributed by atoms with E-state index in [4.69, 9.17) is 4.74 Å². The number of unbranched alkanes of at least 4 members (excludes halogenated alkanes) is 1. The lowest BCUT2D eigenvalue weighted by molar-refractivity contribution is -0.129. The van der Waals surface area contributed by atoms with Crippen LogP contribution in [-0.2, 0) is 9.59 Å². The minimum Gasteiger partial charge on any atom is -0.497 e. The van der Waals surface area contributed by atoms with Crippen LogP contribution in [0, 0.1) is 5.92 Å². The number of anilines is 1. The van der Waals surface area contributed by atoms with Crippen LogP contribution in [0.15, 0.2) is 24.3 Å². The number of rotatable bonds is 8. The average Bonchev–Trinajstić information content (AvgIpc) is 3.31. The second-order valence-electron chi connectivity index (χ2n) is 7.56. The SMILES string of the molecule is CCCCN1C(=O)C[C@H](C(=O)Nc2nnc(C(C)C)s2)[C@@H]1c1ccc(OC)cc1. The largest absolute Gasteiger partial charge is 0.497 e. The molecule has 2 heterocycles. The van der Waals surface area contributed by atoms with Crippen LogP contribution in [0.4, 0.5) is 5.13 Å². The smallest absolute Gasteiger partial charge is 0.232 e. The number of ether oxygens (including phenoxy) is 1. The van der Waals surface area contributed by atoms with E-state index in [1.54, 1.807) is 7.11 Å². The minimum atomic E-state index is -0.473. The Morgan fingerprint density at radius 3 is 2.62 bits per heavy atom. The lowest BCUT2D eigenvalue weighted by Crippen LogP contribution is -2.33. The Kier molecular flexibility index (Phi) is 6.84. The van der Waals surface area contributed by atoms with E-state index >= 15 is 0 Å². The Hall–Kier alpha value is -2.48. The summed E-state index contributed by atoms with van der Waals surface area (Å²) >= 11 is 1.38. The standard InChI is InChI=1S/C21H28N4O3S/c1-5-6-11-25-17(26)12-16(18(25)14-7-9-15(28-4)10-8-14)19(27)22-21-24-23-20(29-21)13(2)3/h7-10,13,16,18H,5-6,11-12H2,1-4H3,(H,22,24,27)/t16-,18-/m0/s1. The molecule has 1 fully saturated rings. The summed E-state index contributed by atoms with van der Waals surface area (Å²) in [5.74, 6) is 0.348. The zero-order valence-electron chi connectivity index (χ0n) is 17.3. The lowest BCUT2D eigenvalue weighted by atomic mass is 9.92. The molecule has 3 rings (SSSR count). The van der Waals surface area contributed by atoms with Crippen molar-refractivity contribution >= 4 is 28.3 Å². The molecule has 7 nitrogen and oxygen atoms in total. The Labute approximate surface area is 175 Å². The van der Waals surface area contributed by atoms with E-state index in [2.05, 4.69) is 22.4 Å². The Bertz CT molecular complexity index is 850. The molecule has 2 aromatic rings. The van der Waals surface area contributed by atoms with Gasteiger partial charge in [0, 0.05) is 18.9 Å². The van der Waals surface area contributed by atoms with E-state index in [0.29, 0.717) is 11.7 Å². The fourth-order valence-electron chi connectivity index (χ4n) is 3.55. The highest BCUT2D eigenvalue weighted by atomic mass is 32.1. The molecule has 1 aliphatic rings. The van der Waals surface area contributed by atoms with Gasteiger partial charge in [-0.3, -0.25) is 9.59 Å². The van der Waals surface area contributed by atoms with Gasteiger partial charge in [-0.15, -0.1) is 10.2 Å². The molecule has 1 aromatic carbocycles. The number of aromatic nitrogens is 2. The zero-order valence-corrected chi connectivity index (χ0v) is 18.2. The number of methoxy groups -OCH3 is 1. The number of carbonyl (C=O) groups excluding carboxylic acids is 2. The Morgan fingerprint density at radius 2 is 2.03 bits per heavy atom. The fraction of sp³-hybridized carbons (Fsp3) is 0.524. The van der Waals surface area contributed by atoms with Crippen molar-refractivity contribution in [1.29, 1.82) is 0 Å². The highest BCUT2D eigenvalue weighted by Gasteiger charge is 2.44. The van der Waals surface area contributed by atoms with Crippen LogP contribution in [0.25, 0.3) is 0 Å². The van der Waals surface area contributed by atoms with Gasteiger partial charge < -0.3 is 15.0 Å². The van der Waals surface area contributed by atoms with Crippen LogP contribution >= 0.6 is 11.3 Å². The van der Waals surface area contributed by atoms with E-state index in [1.807, 2.05) is 43.0 Å². The van der Waals surface area contributed by atoms with E-state index < -0.39 is 5.92 Å². The normalized spacial score (nSPS) is 19.1. The predicted octanol–water partition coefficient (Wildman–Crippen LogP) is 4.00. The molecular weight excluding hydrogens is 388 g/mol. The quantitative estimate of drug-likeness (QED) is 0.703. The van der Waals surface area contributed by atoms with Gasteiger partial charge in [0.05, 0.1) is 19.1 Å². The van der Waals surface area contributed by atoms with Gasteiger partial charge in [0.15, 0.2) is 0 Å². The summed E-state index contributed by atoms with van der Waals surface area (Å²) < 4.78 is 5.25. The molecule has 1 aromatic heterocycles. The predicted molar refractivity (Wildman–Crippen MR) is 113 cm³/mol. The summed E-state index contributed by atoms with van der Waals surface area (Å²) in [6, 6.07) is 7.30. The number of benzene rings is 1. The molecule has 0 radical (unpaired) electrons. The molecule has 0 saturated carbocycles. The summed E-state index contributed by atoms with van der Waals surface area (Å²) in [4.78, 5) is 27.7. The molecule has 8 heteroatoms. The van der Waals surface area contributed by atoms with Crippen molar-refractivity contribution in [3.63, 3.8) is 0 Å². The van der Waals surface area contributed by atoms with Crippen LogP contribution in [0.3, 0.4) is 0 Å². The third-order valence-electron chi connectivity index (χ3n) is 5.14. The van der Waals surface area contributed by atoms with Gasteiger partial charge >= 0.3 is 0 Å². The number of amides is 2. The average molecular weight is 417 g/mol. The summed E-state index contributed by atoms with van der Waals surface area (Å²) in [7, 11) is 1.62. The van der Waals surface area contributed by atoms with E-state index in [-0.39, 0.29) is 30.2 Å². The molecule has 0 unspecified atom stereocenters. The number of nitrogens with zero attached hydrogens (tertiary/aromatic N) is 3. The van der Waals surface area contributed by atoms with Crippen LogP contribution in [0.2, 0.25) is 0 Å². The maximum absolute atomic E-state index is 13.1. The van der Waals surface area contributed by atoms with E-state index in [1.165, 1.54) is 11.3 Å². The van der Waals surface area contributed by atoms with Crippen LogP contribution in [0.1, 0.15) is 62.6 Å². The van der Waals surface area contributed by atoms with Gasteiger partial charge in [-0.2, -0.15) is 0 Å². The first kappa shape index (κ1) is 21.2. The van der Waals surface area contributed by atoms with Gasteiger partial charge in [-0.1, -0.05) is 50.7 Å². The molecule has 0 spiro atoms. The molecule has 0 bridgehead atoms. The van der Waals surface area contributed by atoms with Gasteiger partial charge in [0.2, 0.25) is 16.9 Å². The third-order valence-corrected chi connectivity index (χ3v) is 6.28. The topological polar surface area (TPSA) is 84.4 Å². The molecule has 1 saturated heterocycles. The Morgan fingerprint density at radius 1 is 1.31 bits per heavy atom. The highest BCUT2D eigenvalue weighted by Crippen LogP contribution is 2.39. The van der Waals surface area contributed by atoms with E-state index in [0.717, 1.165) is 29.2 Å². The molecular formula is C21H28N4O3S. The molecule has 1 aliphatic heterocycles. The molecule has 1 N–H and O–H groups in total. The van der Waals surface area contributed by atoms with Crippen LogP contribution in [0.5, 0.6) is 5.75 Å².